The van der Waals surface area contributed by atoms with E-state index in [0.717, 1.165) is 30.9 Å². The molecule has 0 unspecified atom stereocenters. The zero-order valence-corrected chi connectivity index (χ0v) is 13.7. The van der Waals surface area contributed by atoms with Crippen molar-refractivity contribution in [3.05, 3.63) is 18.2 Å². The molecule has 1 N–H and O–H groups in total. The van der Waals surface area contributed by atoms with Crippen molar-refractivity contribution in [3.8, 4) is 5.75 Å². The molecule has 0 bridgehead atoms. The highest BCUT2D eigenvalue weighted by Gasteiger charge is 2.28. The van der Waals surface area contributed by atoms with Gasteiger partial charge < -0.3 is 15.0 Å². The Kier molecular flexibility index (Phi) is 4.56. The number of nitrogens with one attached hydrogen (secondary N) is 1. The van der Waals surface area contributed by atoms with Crippen molar-refractivity contribution in [1.29, 1.82) is 0 Å². The van der Waals surface area contributed by atoms with Gasteiger partial charge in [-0.2, -0.15) is 4.31 Å². The van der Waals surface area contributed by atoms with E-state index in [-0.39, 0.29) is 0 Å². The third kappa shape index (κ3) is 2.93. The molecule has 1 aromatic rings. The summed E-state index contributed by atoms with van der Waals surface area (Å²) in [5.74, 6) is 0.777. The summed E-state index contributed by atoms with van der Waals surface area (Å²) in [6, 6.07) is 5.21. The van der Waals surface area contributed by atoms with Crippen LogP contribution in [0, 0.1) is 0 Å². The van der Waals surface area contributed by atoms with E-state index >= 15 is 0 Å². The molecule has 22 heavy (non-hydrogen) atoms. The summed E-state index contributed by atoms with van der Waals surface area (Å²) >= 11 is 0. The molecule has 0 saturated carbocycles. The summed E-state index contributed by atoms with van der Waals surface area (Å²) in [5.41, 5.74) is 0.893. The number of piperazine rings is 1. The number of sulfonamides is 1. The van der Waals surface area contributed by atoms with E-state index in [4.69, 9.17) is 4.74 Å². The molecule has 7 heteroatoms. The van der Waals surface area contributed by atoms with Gasteiger partial charge in [-0.3, -0.25) is 0 Å². The highest BCUT2D eigenvalue weighted by molar-refractivity contribution is 7.89. The Bertz CT molecular complexity index is 627. The van der Waals surface area contributed by atoms with Crippen LogP contribution < -0.4 is 15.0 Å². The number of ether oxygens (including phenoxy) is 1. The fourth-order valence-corrected chi connectivity index (χ4v) is 4.41. The number of benzene rings is 1. The monoisotopic (exact) mass is 325 g/mol. The Balaban J connectivity index is 1.93. The van der Waals surface area contributed by atoms with Gasteiger partial charge in [-0.05, 0) is 24.6 Å². The number of hydrogen-bond acceptors (Lipinski definition) is 5. The summed E-state index contributed by atoms with van der Waals surface area (Å²) in [6.07, 6.45) is 1.02. The minimum Gasteiger partial charge on any atom is -0.490 e. The van der Waals surface area contributed by atoms with E-state index in [9.17, 15) is 8.42 Å². The molecule has 0 atom stereocenters. The minimum absolute atomic E-state index is 0.361. The van der Waals surface area contributed by atoms with Crippen molar-refractivity contribution in [2.75, 3.05) is 50.8 Å². The summed E-state index contributed by atoms with van der Waals surface area (Å²) in [6.45, 7) is 6.94. The lowest BCUT2D eigenvalue weighted by Gasteiger charge is -2.32. The van der Waals surface area contributed by atoms with Crippen molar-refractivity contribution < 1.29 is 13.2 Å². The molecular formula is C15H23N3O3S. The first kappa shape index (κ1) is 15.6. The van der Waals surface area contributed by atoms with E-state index in [0.29, 0.717) is 37.7 Å². The highest BCUT2D eigenvalue weighted by Crippen LogP contribution is 2.34. The fourth-order valence-electron chi connectivity index (χ4n) is 2.95. The second-order valence-corrected chi connectivity index (χ2v) is 7.56. The maximum Gasteiger partial charge on any atom is 0.243 e. The Labute approximate surface area is 132 Å². The quantitative estimate of drug-likeness (QED) is 0.891. The molecule has 0 radical (unpaired) electrons. The number of hydrogen-bond donors (Lipinski definition) is 1. The number of fused-ring (bicyclic) bond motifs is 1. The van der Waals surface area contributed by atoms with Crippen molar-refractivity contribution in [2.45, 2.75) is 18.2 Å². The lowest BCUT2D eigenvalue weighted by molar-refractivity contribution is 0.307. The zero-order chi connectivity index (χ0) is 15.6. The molecule has 1 saturated heterocycles. The molecular weight excluding hydrogens is 302 g/mol. The second kappa shape index (κ2) is 6.44. The van der Waals surface area contributed by atoms with Crippen LogP contribution in [-0.4, -0.2) is 58.6 Å². The topological polar surface area (TPSA) is 61.9 Å². The van der Waals surface area contributed by atoms with Crippen molar-refractivity contribution >= 4 is 15.7 Å². The average molecular weight is 325 g/mol. The van der Waals surface area contributed by atoms with Gasteiger partial charge in [0.25, 0.3) is 0 Å². The molecule has 0 aromatic heterocycles. The van der Waals surface area contributed by atoms with Gasteiger partial charge in [0, 0.05) is 32.7 Å². The minimum atomic E-state index is -3.42. The van der Waals surface area contributed by atoms with E-state index in [1.807, 2.05) is 0 Å². The summed E-state index contributed by atoms with van der Waals surface area (Å²) in [4.78, 5) is 2.56. The first-order chi connectivity index (χ1) is 10.6. The second-order valence-electron chi connectivity index (χ2n) is 5.62. The molecule has 0 amide bonds. The van der Waals surface area contributed by atoms with Gasteiger partial charge in [0.2, 0.25) is 10.0 Å². The van der Waals surface area contributed by atoms with E-state index in [2.05, 4.69) is 17.1 Å². The van der Waals surface area contributed by atoms with E-state index in [1.54, 1.807) is 22.5 Å². The van der Waals surface area contributed by atoms with E-state index < -0.39 is 10.0 Å². The van der Waals surface area contributed by atoms with Crippen LogP contribution in [0.25, 0.3) is 0 Å². The normalized spacial score (nSPS) is 19.6. The van der Waals surface area contributed by atoms with Gasteiger partial charge in [-0.25, -0.2) is 8.42 Å². The maximum absolute atomic E-state index is 12.8. The summed E-state index contributed by atoms with van der Waals surface area (Å²) < 4.78 is 32.8. The van der Waals surface area contributed by atoms with E-state index in [1.165, 1.54) is 0 Å². The SMILES string of the molecule is CCCN1CCOc2ccc(S(=O)(=O)N3CCNCC3)cc21. The number of anilines is 1. The molecule has 0 spiro atoms. The van der Waals surface area contributed by atoms with Crippen molar-refractivity contribution in [3.63, 3.8) is 0 Å². The standard InChI is InChI=1S/C15H23N3O3S/c1-2-7-17-10-11-21-15-4-3-13(12-14(15)17)22(19,20)18-8-5-16-6-9-18/h3-4,12,16H,2,5-11H2,1H3. The molecule has 2 heterocycles. The van der Waals surface area contributed by atoms with Gasteiger partial charge >= 0.3 is 0 Å². The van der Waals surface area contributed by atoms with Gasteiger partial charge in [-0.15, -0.1) is 0 Å². The van der Waals surface area contributed by atoms with Crippen LogP contribution in [0.1, 0.15) is 13.3 Å². The largest absolute Gasteiger partial charge is 0.490 e. The highest BCUT2D eigenvalue weighted by atomic mass is 32.2. The van der Waals surface area contributed by atoms with Gasteiger partial charge in [0.05, 0.1) is 17.1 Å². The predicted octanol–water partition coefficient (Wildman–Crippen LogP) is 0.889. The Morgan fingerprint density at radius 3 is 2.73 bits per heavy atom. The van der Waals surface area contributed by atoms with Gasteiger partial charge in [0.1, 0.15) is 12.4 Å². The lowest BCUT2D eigenvalue weighted by atomic mass is 10.2. The van der Waals surface area contributed by atoms with Crippen LogP contribution in [0.5, 0.6) is 5.75 Å². The lowest BCUT2D eigenvalue weighted by Crippen LogP contribution is -2.46. The third-order valence-corrected chi connectivity index (χ3v) is 5.99. The molecule has 2 aliphatic rings. The molecule has 0 aliphatic carbocycles. The van der Waals surface area contributed by atoms with Crippen LogP contribution in [-0.2, 0) is 10.0 Å². The molecule has 1 fully saturated rings. The van der Waals surface area contributed by atoms with Crippen LogP contribution >= 0.6 is 0 Å². The van der Waals surface area contributed by atoms with Crippen LogP contribution in [0.2, 0.25) is 0 Å². The number of nitrogens with zero attached hydrogens (tertiary/aromatic N) is 2. The first-order valence-electron chi connectivity index (χ1n) is 7.85. The Morgan fingerprint density at radius 2 is 2.00 bits per heavy atom. The van der Waals surface area contributed by atoms with Crippen molar-refractivity contribution in [2.24, 2.45) is 0 Å². The first-order valence-corrected chi connectivity index (χ1v) is 9.29. The smallest absolute Gasteiger partial charge is 0.243 e. The summed E-state index contributed by atoms with van der Waals surface area (Å²) in [7, 11) is -3.42. The zero-order valence-electron chi connectivity index (χ0n) is 12.9. The molecule has 122 valence electrons. The molecule has 1 aromatic carbocycles. The molecule has 2 aliphatic heterocycles. The Morgan fingerprint density at radius 1 is 1.23 bits per heavy atom. The maximum atomic E-state index is 12.8. The van der Waals surface area contributed by atoms with Gasteiger partial charge in [-0.1, -0.05) is 6.92 Å². The fraction of sp³-hybridized carbons (Fsp3) is 0.600. The number of rotatable bonds is 4. The van der Waals surface area contributed by atoms with Crippen LogP contribution in [0.15, 0.2) is 23.1 Å². The molecule has 6 nitrogen and oxygen atoms in total. The van der Waals surface area contributed by atoms with Crippen molar-refractivity contribution in [1.82, 2.24) is 9.62 Å². The predicted molar refractivity (Wildman–Crippen MR) is 86.1 cm³/mol. The molecule has 3 rings (SSSR count). The van der Waals surface area contributed by atoms with Gasteiger partial charge in [0.15, 0.2) is 0 Å². The van der Waals surface area contributed by atoms with Crippen LogP contribution in [0.4, 0.5) is 5.69 Å². The summed E-state index contributed by atoms with van der Waals surface area (Å²) in [5, 5.41) is 3.18. The average Bonchev–Trinajstić information content (AvgIpc) is 2.56. The Hall–Kier alpha value is -1.31. The third-order valence-electron chi connectivity index (χ3n) is 4.10. The van der Waals surface area contributed by atoms with Crippen LogP contribution in [0.3, 0.4) is 0 Å².